The SMILES string of the molecule is Nc1ncnc2[nH]cnc12.[Zn]. The molecular weight excluding hydrogens is 195 g/mol. The van der Waals surface area contributed by atoms with Gasteiger partial charge in [-0.1, -0.05) is 0 Å². The molecule has 0 radical (unpaired) electrons. The molecule has 0 aromatic carbocycles. The van der Waals surface area contributed by atoms with Crippen LogP contribution in [0.15, 0.2) is 12.7 Å². The molecule has 0 amide bonds. The van der Waals surface area contributed by atoms with Crippen LogP contribution in [0.1, 0.15) is 0 Å². The number of nitrogens with zero attached hydrogens (tertiary/aromatic N) is 3. The Balaban J connectivity index is 0.000000605. The van der Waals surface area contributed by atoms with Gasteiger partial charge >= 0.3 is 0 Å². The number of anilines is 1. The maximum atomic E-state index is 5.47. The predicted octanol–water partition coefficient (Wildman–Crippen LogP) is -0.0674. The van der Waals surface area contributed by atoms with Gasteiger partial charge in [-0.15, -0.1) is 0 Å². The topological polar surface area (TPSA) is 80.5 Å². The summed E-state index contributed by atoms with van der Waals surface area (Å²) in [7, 11) is 0. The van der Waals surface area contributed by atoms with Gasteiger partial charge in [0.2, 0.25) is 0 Å². The van der Waals surface area contributed by atoms with Gasteiger partial charge in [-0.25, -0.2) is 15.0 Å². The molecule has 0 atom stereocenters. The molecular formula is C5H5N5Zn. The van der Waals surface area contributed by atoms with Crippen LogP contribution in [-0.4, -0.2) is 19.9 Å². The fourth-order valence-corrected chi connectivity index (χ4v) is 0.783. The number of nitrogens with one attached hydrogen (secondary N) is 1. The normalized spacial score (nSPS) is 9.45. The Hall–Kier alpha value is -1.03. The average Bonchev–Trinajstić information content (AvgIpc) is 2.36. The molecule has 52 valence electrons. The van der Waals surface area contributed by atoms with E-state index in [-0.39, 0.29) is 19.5 Å². The number of nitrogen functional groups attached to an aromatic ring is 1. The molecule has 0 aliphatic rings. The smallest absolute Gasteiger partial charge is 0.162 e. The number of imidazole rings is 1. The molecule has 2 aromatic rings. The second kappa shape index (κ2) is 2.92. The Kier molecular flexibility index (Phi) is 2.14. The van der Waals surface area contributed by atoms with Gasteiger partial charge in [0, 0.05) is 19.5 Å². The summed E-state index contributed by atoms with van der Waals surface area (Å²) in [6.07, 6.45) is 2.94. The first-order chi connectivity index (χ1) is 4.88. The van der Waals surface area contributed by atoms with Crippen molar-refractivity contribution >= 4 is 17.0 Å². The zero-order valence-corrected chi connectivity index (χ0v) is 8.75. The minimum Gasteiger partial charge on any atom is -0.382 e. The van der Waals surface area contributed by atoms with Gasteiger partial charge in [-0.3, -0.25) is 0 Å². The van der Waals surface area contributed by atoms with Crippen molar-refractivity contribution in [1.82, 2.24) is 19.9 Å². The number of rotatable bonds is 0. The van der Waals surface area contributed by atoms with Crippen LogP contribution in [0.4, 0.5) is 5.82 Å². The molecule has 0 fully saturated rings. The molecule has 0 saturated carbocycles. The van der Waals surface area contributed by atoms with Crippen LogP contribution >= 0.6 is 0 Å². The average molecular weight is 201 g/mol. The first-order valence-corrected chi connectivity index (χ1v) is 2.77. The molecule has 0 aliphatic heterocycles. The number of nitrogens with two attached hydrogens (primary N) is 1. The van der Waals surface area contributed by atoms with Gasteiger partial charge in [0.25, 0.3) is 0 Å². The standard InChI is InChI=1S/C5H5N5.Zn/c6-4-3-5(9-1-7-3)10-2-8-4;/h1-2H,(H3,6,7,8,9,10);. The van der Waals surface area contributed by atoms with E-state index in [1.165, 1.54) is 12.7 Å². The third kappa shape index (κ3) is 1.21. The Bertz CT molecular complexity index is 356. The number of hydrogen-bond donors (Lipinski definition) is 2. The van der Waals surface area contributed by atoms with Crippen molar-refractivity contribution in [1.29, 1.82) is 0 Å². The Morgan fingerprint density at radius 3 is 2.82 bits per heavy atom. The van der Waals surface area contributed by atoms with E-state index >= 15 is 0 Å². The maximum absolute atomic E-state index is 5.47. The van der Waals surface area contributed by atoms with Crippen LogP contribution in [0, 0.1) is 0 Å². The van der Waals surface area contributed by atoms with Crippen molar-refractivity contribution in [3.63, 3.8) is 0 Å². The number of hydrogen-bond acceptors (Lipinski definition) is 4. The monoisotopic (exact) mass is 199 g/mol. The number of fused-ring (bicyclic) bond motifs is 1. The van der Waals surface area contributed by atoms with Crippen molar-refractivity contribution in [2.75, 3.05) is 5.73 Å². The Labute approximate surface area is 75.2 Å². The second-order valence-corrected chi connectivity index (χ2v) is 1.86. The molecule has 2 heterocycles. The van der Waals surface area contributed by atoms with Crippen molar-refractivity contribution in [3.05, 3.63) is 12.7 Å². The Morgan fingerprint density at radius 2 is 2.09 bits per heavy atom. The zero-order valence-electron chi connectivity index (χ0n) is 5.78. The van der Waals surface area contributed by atoms with E-state index in [1.54, 1.807) is 0 Å². The summed E-state index contributed by atoms with van der Waals surface area (Å²) in [6.45, 7) is 0. The molecule has 2 rings (SSSR count). The number of aromatic amines is 1. The van der Waals surface area contributed by atoms with Gasteiger partial charge in [0.05, 0.1) is 6.33 Å². The van der Waals surface area contributed by atoms with E-state index in [0.717, 1.165) is 0 Å². The van der Waals surface area contributed by atoms with Crippen LogP contribution in [0.2, 0.25) is 0 Å². The summed E-state index contributed by atoms with van der Waals surface area (Å²) < 4.78 is 0. The third-order valence-electron chi connectivity index (χ3n) is 1.25. The first kappa shape index (κ1) is 8.07. The zero-order chi connectivity index (χ0) is 6.97. The first-order valence-electron chi connectivity index (χ1n) is 2.77. The predicted molar refractivity (Wildman–Crippen MR) is 36.1 cm³/mol. The molecule has 0 aliphatic carbocycles. The molecule has 5 nitrogen and oxygen atoms in total. The van der Waals surface area contributed by atoms with Crippen molar-refractivity contribution in [2.45, 2.75) is 0 Å². The third-order valence-corrected chi connectivity index (χ3v) is 1.25. The minimum absolute atomic E-state index is 0. The van der Waals surface area contributed by atoms with E-state index in [4.69, 9.17) is 5.73 Å². The molecule has 6 heteroatoms. The fraction of sp³-hybridized carbons (Fsp3) is 0. The van der Waals surface area contributed by atoms with Crippen LogP contribution in [0.5, 0.6) is 0 Å². The molecule has 11 heavy (non-hydrogen) atoms. The number of H-pyrrole nitrogens is 1. The maximum Gasteiger partial charge on any atom is 0.162 e. The van der Waals surface area contributed by atoms with Gasteiger partial charge in [0.15, 0.2) is 11.5 Å². The fourth-order valence-electron chi connectivity index (χ4n) is 0.783. The van der Waals surface area contributed by atoms with Crippen LogP contribution in [0.25, 0.3) is 11.2 Å². The van der Waals surface area contributed by atoms with E-state index in [0.29, 0.717) is 17.0 Å². The van der Waals surface area contributed by atoms with Crippen LogP contribution in [-0.2, 0) is 19.5 Å². The summed E-state index contributed by atoms with van der Waals surface area (Å²) in [6, 6.07) is 0. The molecule has 2 aromatic heterocycles. The van der Waals surface area contributed by atoms with E-state index < -0.39 is 0 Å². The van der Waals surface area contributed by atoms with Gasteiger partial charge in [-0.2, -0.15) is 0 Å². The summed E-state index contributed by atoms with van der Waals surface area (Å²) >= 11 is 0. The van der Waals surface area contributed by atoms with Crippen LogP contribution in [0.3, 0.4) is 0 Å². The molecule has 0 unspecified atom stereocenters. The Morgan fingerprint density at radius 1 is 1.27 bits per heavy atom. The quantitative estimate of drug-likeness (QED) is 0.584. The van der Waals surface area contributed by atoms with Crippen molar-refractivity contribution in [2.24, 2.45) is 0 Å². The molecule has 0 saturated heterocycles. The largest absolute Gasteiger partial charge is 0.382 e. The van der Waals surface area contributed by atoms with Crippen molar-refractivity contribution < 1.29 is 19.5 Å². The van der Waals surface area contributed by atoms with Crippen LogP contribution < -0.4 is 5.73 Å². The van der Waals surface area contributed by atoms with E-state index in [2.05, 4.69) is 19.9 Å². The molecule has 3 N–H and O–H groups in total. The summed E-state index contributed by atoms with van der Waals surface area (Å²) in [5, 5.41) is 0. The second-order valence-electron chi connectivity index (χ2n) is 1.86. The summed E-state index contributed by atoms with van der Waals surface area (Å²) in [5.41, 5.74) is 6.77. The molecule has 0 spiro atoms. The van der Waals surface area contributed by atoms with Gasteiger partial charge in [-0.05, 0) is 0 Å². The number of aromatic nitrogens is 4. The van der Waals surface area contributed by atoms with Gasteiger partial charge < -0.3 is 10.7 Å². The van der Waals surface area contributed by atoms with Crippen molar-refractivity contribution in [3.8, 4) is 0 Å². The van der Waals surface area contributed by atoms with E-state index in [1.807, 2.05) is 0 Å². The summed E-state index contributed by atoms with van der Waals surface area (Å²) in [4.78, 5) is 14.4. The van der Waals surface area contributed by atoms with Gasteiger partial charge in [0.1, 0.15) is 11.8 Å². The minimum atomic E-state index is 0. The summed E-state index contributed by atoms with van der Waals surface area (Å²) in [5.74, 6) is 0.409. The van der Waals surface area contributed by atoms with E-state index in [9.17, 15) is 0 Å². The molecule has 0 bridgehead atoms.